The summed E-state index contributed by atoms with van der Waals surface area (Å²) < 4.78 is 6.97. The molecule has 29 heavy (non-hydrogen) atoms. The number of amides is 1. The van der Waals surface area contributed by atoms with Crippen molar-refractivity contribution in [1.82, 2.24) is 19.3 Å². The van der Waals surface area contributed by atoms with Gasteiger partial charge in [-0.2, -0.15) is 0 Å². The molecule has 2 aromatic heterocycles. The third-order valence-electron chi connectivity index (χ3n) is 5.58. The summed E-state index contributed by atoms with van der Waals surface area (Å²) in [6, 6.07) is 5.38. The van der Waals surface area contributed by atoms with E-state index in [9.17, 15) is 9.59 Å². The normalized spacial score (nSPS) is 15.0. The number of hydrogen-bond donors (Lipinski definition) is 1. The summed E-state index contributed by atoms with van der Waals surface area (Å²) in [6.45, 7) is 2.84. The number of fused-ring (bicyclic) bond motifs is 3. The van der Waals surface area contributed by atoms with Crippen LogP contribution in [-0.4, -0.2) is 65.6 Å². The van der Waals surface area contributed by atoms with Gasteiger partial charge in [-0.25, -0.2) is 4.98 Å². The molecule has 4 rings (SSSR count). The van der Waals surface area contributed by atoms with Crippen LogP contribution < -0.4 is 10.5 Å². The van der Waals surface area contributed by atoms with Gasteiger partial charge in [0.15, 0.2) is 0 Å². The summed E-state index contributed by atoms with van der Waals surface area (Å²) in [7, 11) is 3.37. The SMILES string of the molecule is COCCN(C)C(=O)c1ccc2[nH]c(=O)c3cnc(N4CCCCCC4)n3c2c1. The zero-order valence-corrected chi connectivity index (χ0v) is 17.0. The first kappa shape index (κ1) is 19.4. The van der Waals surface area contributed by atoms with Crippen LogP contribution in [0.3, 0.4) is 0 Å². The second-order valence-corrected chi connectivity index (χ2v) is 7.59. The summed E-state index contributed by atoms with van der Waals surface area (Å²) in [5.74, 6) is 0.690. The Morgan fingerprint density at radius 2 is 1.97 bits per heavy atom. The predicted molar refractivity (Wildman–Crippen MR) is 113 cm³/mol. The molecule has 1 aliphatic heterocycles. The number of carbonyl (C=O) groups is 1. The summed E-state index contributed by atoms with van der Waals surface area (Å²) in [4.78, 5) is 36.8. The number of likely N-dealkylation sites (N-methyl/N-ethyl adjacent to an activating group) is 1. The average Bonchev–Trinajstić information content (AvgIpc) is 3.01. The highest BCUT2D eigenvalue weighted by Crippen LogP contribution is 2.24. The van der Waals surface area contributed by atoms with Crippen molar-refractivity contribution in [2.45, 2.75) is 25.7 Å². The number of aromatic amines is 1. The Bertz CT molecular complexity index is 1080. The molecule has 154 valence electrons. The summed E-state index contributed by atoms with van der Waals surface area (Å²) in [5, 5.41) is 0. The smallest absolute Gasteiger partial charge is 0.274 e. The number of benzene rings is 1. The van der Waals surface area contributed by atoms with Gasteiger partial charge in [0.25, 0.3) is 11.5 Å². The Morgan fingerprint density at radius 3 is 2.69 bits per heavy atom. The van der Waals surface area contributed by atoms with Crippen LogP contribution >= 0.6 is 0 Å². The fourth-order valence-corrected chi connectivity index (χ4v) is 3.93. The minimum Gasteiger partial charge on any atom is -0.383 e. The van der Waals surface area contributed by atoms with Crippen LogP contribution in [0.5, 0.6) is 0 Å². The van der Waals surface area contributed by atoms with Crippen LogP contribution in [0.2, 0.25) is 0 Å². The third-order valence-corrected chi connectivity index (χ3v) is 5.58. The van der Waals surface area contributed by atoms with Gasteiger partial charge in [0.05, 0.1) is 23.8 Å². The second-order valence-electron chi connectivity index (χ2n) is 7.59. The molecule has 8 heteroatoms. The summed E-state index contributed by atoms with van der Waals surface area (Å²) >= 11 is 0. The topological polar surface area (TPSA) is 82.9 Å². The zero-order valence-electron chi connectivity index (χ0n) is 17.0. The third kappa shape index (κ3) is 3.72. The molecule has 0 bridgehead atoms. The number of methoxy groups -OCH3 is 1. The molecule has 1 fully saturated rings. The lowest BCUT2D eigenvalue weighted by Gasteiger charge is -2.21. The lowest BCUT2D eigenvalue weighted by Crippen LogP contribution is -2.30. The van der Waals surface area contributed by atoms with Gasteiger partial charge in [0.1, 0.15) is 5.52 Å². The maximum Gasteiger partial charge on any atom is 0.274 e. The van der Waals surface area contributed by atoms with Gasteiger partial charge in [0, 0.05) is 39.4 Å². The maximum absolute atomic E-state index is 12.8. The van der Waals surface area contributed by atoms with Crippen molar-refractivity contribution in [3.8, 4) is 0 Å². The van der Waals surface area contributed by atoms with E-state index in [-0.39, 0.29) is 11.5 Å². The first-order valence-electron chi connectivity index (χ1n) is 10.1. The number of nitrogens with zero attached hydrogens (tertiary/aromatic N) is 4. The number of anilines is 1. The van der Waals surface area contributed by atoms with Gasteiger partial charge < -0.3 is 19.5 Å². The molecule has 3 aromatic rings. The Morgan fingerprint density at radius 1 is 1.21 bits per heavy atom. The van der Waals surface area contributed by atoms with E-state index in [1.54, 1.807) is 37.4 Å². The number of aromatic nitrogens is 3. The van der Waals surface area contributed by atoms with Gasteiger partial charge in [-0.1, -0.05) is 12.8 Å². The molecule has 1 aliphatic rings. The first-order chi connectivity index (χ1) is 14.1. The fraction of sp³-hybridized carbons (Fsp3) is 0.476. The number of carbonyl (C=O) groups excluding carboxylic acids is 1. The van der Waals surface area contributed by atoms with Gasteiger partial charge in [0.2, 0.25) is 5.95 Å². The van der Waals surface area contributed by atoms with Gasteiger partial charge in [-0.15, -0.1) is 0 Å². The molecule has 0 radical (unpaired) electrons. The summed E-state index contributed by atoms with van der Waals surface area (Å²) in [5.41, 5.74) is 2.35. The molecule has 0 aliphatic carbocycles. The molecule has 8 nitrogen and oxygen atoms in total. The van der Waals surface area contributed by atoms with Crippen molar-refractivity contribution in [3.05, 3.63) is 40.3 Å². The zero-order chi connectivity index (χ0) is 20.4. The highest BCUT2D eigenvalue weighted by Gasteiger charge is 2.19. The van der Waals surface area contributed by atoms with Crippen LogP contribution in [0, 0.1) is 0 Å². The molecular weight excluding hydrogens is 370 g/mol. The van der Waals surface area contributed by atoms with Crippen LogP contribution in [0.15, 0.2) is 29.2 Å². The minimum atomic E-state index is -0.178. The molecule has 1 amide bonds. The lowest BCUT2D eigenvalue weighted by molar-refractivity contribution is 0.0744. The van der Waals surface area contributed by atoms with Crippen molar-refractivity contribution in [3.63, 3.8) is 0 Å². The highest BCUT2D eigenvalue weighted by molar-refractivity contribution is 5.97. The first-order valence-corrected chi connectivity index (χ1v) is 10.1. The number of imidazole rings is 1. The molecule has 0 spiro atoms. The minimum absolute atomic E-state index is 0.0836. The second kappa shape index (κ2) is 8.24. The van der Waals surface area contributed by atoms with Crippen molar-refractivity contribution in [2.75, 3.05) is 45.3 Å². The van der Waals surface area contributed by atoms with E-state index < -0.39 is 0 Å². The van der Waals surface area contributed by atoms with Crippen molar-refractivity contribution >= 4 is 28.4 Å². The van der Waals surface area contributed by atoms with E-state index in [4.69, 9.17) is 4.74 Å². The number of ether oxygens (including phenoxy) is 1. The lowest BCUT2D eigenvalue weighted by atomic mass is 10.1. The van der Waals surface area contributed by atoms with Gasteiger partial charge in [-0.3, -0.25) is 14.0 Å². The van der Waals surface area contributed by atoms with E-state index >= 15 is 0 Å². The quantitative estimate of drug-likeness (QED) is 0.714. The van der Waals surface area contributed by atoms with E-state index in [0.29, 0.717) is 29.7 Å². The highest BCUT2D eigenvalue weighted by atomic mass is 16.5. The van der Waals surface area contributed by atoms with E-state index in [1.807, 2.05) is 10.5 Å². The van der Waals surface area contributed by atoms with E-state index in [1.165, 1.54) is 12.8 Å². The van der Waals surface area contributed by atoms with Crippen LogP contribution in [0.25, 0.3) is 16.6 Å². The Labute approximate surface area is 169 Å². The van der Waals surface area contributed by atoms with Crippen LogP contribution in [0.4, 0.5) is 5.95 Å². The molecular formula is C21H27N5O3. The standard InChI is InChI=1S/C21H27N5O3/c1-24(11-12-29-2)20(28)15-7-8-16-17(13-15)26-18(19(27)23-16)14-22-21(26)25-9-5-3-4-6-10-25/h7-8,13-14H,3-6,9-12H2,1-2H3,(H,23,27). The molecule has 0 atom stereocenters. The fourth-order valence-electron chi connectivity index (χ4n) is 3.93. The van der Waals surface area contributed by atoms with Crippen molar-refractivity contribution < 1.29 is 9.53 Å². The number of H-pyrrole nitrogens is 1. The van der Waals surface area contributed by atoms with Gasteiger partial charge in [-0.05, 0) is 31.0 Å². The molecule has 0 saturated carbocycles. The van der Waals surface area contributed by atoms with E-state index in [2.05, 4.69) is 14.9 Å². The Kier molecular flexibility index (Phi) is 5.53. The Hall–Kier alpha value is -2.87. The average molecular weight is 397 g/mol. The predicted octanol–water partition coefficient (Wildman–Crippen LogP) is 2.27. The number of rotatable bonds is 5. The number of hydrogen-bond acceptors (Lipinski definition) is 5. The van der Waals surface area contributed by atoms with Crippen LogP contribution in [0.1, 0.15) is 36.0 Å². The maximum atomic E-state index is 12.8. The van der Waals surface area contributed by atoms with Crippen molar-refractivity contribution in [1.29, 1.82) is 0 Å². The van der Waals surface area contributed by atoms with Gasteiger partial charge >= 0.3 is 0 Å². The largest absolute Gasteiger partial charge is 0.383 e. The molecule has 3 heterocycles. The molecule has 0 unspecified atom stereocenters. The monoisotopic (exact) mass is 397 g/mol. The molecule has 1 saturated heterocycles. The van der Waals surface area contributed by atoms with Crippen molar-refractivity contribution in [2.24, 2.45) is 0 Å². The Balaban J connectivity index is 1.83. The summed E-state index contributed by atoms with van der Waals surface area (Å²) in [6.07, 6.45) is 6.28. The molecule has 1 aromatic carbocycles. The van der Waals surface area contributed by atoms with E-state index in [0.717, 1.165) is 37.4 Å². The van der Waals surface area contributed by atoms with Crippen LogP contribution in [-0.2, 0) is 4.74 Å². The number of nitrogens with one attached hydrogen (secondary N) is 1. The molecule has 1 N–H and O–H groups in total.